The van der Waals surface area contributed by atoms with E-state index in [4.69, 9.17) is 22.4 Å². The number of rotatable bonds is 6. The predicted molar refractivity (Wildman–Crippen MR) is 76.8 cm³/mol. The number of carbonyl (C=O) groups is 4. The van der Waals surface area contributed by atoms with E-state index in [1.165, 1.54) is 0 Å². The molecule has 2 rings (SSSR count). The van der Waals surface area contributed by atoms with Crippen LogP contribution in [0.3, 0.4) is 0 Å². The summed E-state index contributed by atoms with van der Waals surface area (Å²) in [5.74, 6) is -3.07. The first-order valence-corrected chi connectivity index (χ1v) is 7.32. The van der Waals surface area contributed by atoms with E-state index >= 15 is 0 Å². The summed E-state index contributed by atoms with van der Waals surface area (Å²) >= 11 is 5.11. The Hall–Kier alpha value is -2.03. The summed E-state index contributed by atoms with van der Waals surface area (Å²) in [7, 11) is 0. The minimum atomic E-state index is -1.18. The Labute approximate surface area is 131 Å². The minimum Gasteiger partial charge on any atom is -0.481 e. The van der Waals surface area contributed by atoms with Crippen LogP contribution in [-0.4, -0.2) is 62.0 Å². The second-order valence-corrected chi connectivity index (χ2v) is 5.78. The molecule has 22 heavy (non-hydrogen) atoms. The monoisotopic (exact) mass is 328 g/mol. The van der Waals surface area contributed by atoms with E-state index in [0.717, 1.165) is 16.2 Å². The molecular weight excluding hydrogens is 312 g/mol. The molecule has 0 aromatic heterocycles. The van der Waals surface area contributed by atoms with Gasteiger partial charge < -0.3 is 10.2 Å². The zero-order valence-electron chi connectivity index (χ0n) is 11.8. The van der Waals surface area contributed by atoms with Crippen LogP contribution in [-0.2, 0) is 19.2 Å². The van der Waals surface area contributed by atoms with Crippen molar-refractivity contribution in [2.45, 2.75) is 32.1 Å². The van der Waals surface area contributed by atoms with Crippen LogP contribution in [0.25, 0.3) is 0 Å². The summed E-state index contributed by atoms with van der Waals surface area (Å²) in [5.41, 5.74) is -1.18. The standard InChI is InChI=1S/C13H16N2O6S/c16-8(17)2-6-14-10(20)13(4-1-5-13)11(21)15(12(14)22)7-3-9(18)19/h1-7H2,(H,16,17)(H,18,19). The van der Waals surface area contributed by atoms with Gasteiger partial charge in [-0.1, -0.05) is 6.42 Å². The summed E-state index contributed by atoms with van der Waals surface area (Å²) in [4.78, 5) is 48.8. The highest BCUT2D eigenvalue weighted by molar-refractivity contribution is 7.80. The average molecular weight is 328 g/mol. The molecule has 1 aliphatic carbocycles. The van der Waals surface area contributed by atoms with Crippen molar-refractivity contribution >= 4 is 41.1 Å². The SMILES string of the molecule is O=C(O)CCN1C(=O)C2(CCC2)C(=O)N(CCC(=O)O)C1=S. The van der Waals surface area contributed by atoms with Crippen molar-refractivity contribution in [2.75, 3.05) is 13.1 Å². The first-order valence-electron chi connectivity index (χ1n) is 6.91. The number of hydrogen-bond donors (Lipinski definition) is 2. The number of carbonyl (C=O) groups excluding carboxylic acids is 2. The van der Waals surface area contributed by atoms with Gasteiger partial charge in [-0.3, -0.25) is 29.0 Å². The van der Waals surface area contributed by atoms with Crippen molar-refractivity contribution in [3.63, 3.8) is 0 Å². The molecule has 2 amide bonds. The Balaban J connectivity index is 2.24. The van der Waals surface area contributed by atoms with Crippen LogP contribution >= 0.6 is 12.2 Å². The first-order chi connectivity index (χ1) is 10.3. The zero-order chi connectivity index (χ0) is 16.5. The van der Waals surface area contributed by atoms with E-state index in [-0.39, 0.29) is 31.0 Å². The summed E-state index contributed by atoms with van der Waals surface area (Å²) in [6.07, 6.45) is 0.927. The Morgan fingerprint density at radius 3 is 1.68 bits per heavy atom. The van der Waals surface area contributed by atoms with Gasteiger partial charge in [0.15, 0.2) is 5.11 Å². The smallest absolute Gasteiger partial charge is 0.305 e. The second-order valence-electron chi connectivity index (χ2n) is 5.42. The molecule has 2 aliphatic rings. The Morgan fingerprint density at radius 1 is 1.00 bits per heavy atom. The van der Waals surface area contributed by atoms with Crippen molar-refractivity contribution < 1.29 is 29.4 Å². The number of amides is 2. The first kappa shape index (κ1) is 16.3. The number of hydrogen-bond acceptors (Lipinski definition) is 5. The Bertz CT molecular complexity index is 515. The predicted octanol–water partition coefficient (Wildman–Crippen LogP) is 0.0618. The van der Waals surface area contributed by atoms with Gasteiger partial charge in [0.05, 0.1) is 12.8 Å². The Kier molecular flexibility index (Phi) is 4.45. The molecule has 1 aliphatic heterocycles. The third-order valence-corrected chi connectivity index (χ3v) is 4.52. The van der Waals surface area contributed by atoms with Crippen molar-refractivity contribution in [2.24, 2.45) is 5.41 Å². The van der Waals surface area contributed by atoms with Crippen LogP contribution in [0.1, 0.15) is 32.1 Å². The van der Waals surface area contributed by atoms with Crippen LogP contribution in [0.5, 0.6) is 0 Å². The molecule has 8 nitrogen and oxygen atoms in total. The highest BCUT2D eigenvalue weighted by Crippen LogP contribution is 2.46. The highest BCUT2D eigenvalue weighted by Gasteiger charge is 2.58. The van der Waals surface area contributed by atoms with Crippen LogP contribution in [0, 0.1) is 5.41 Å². The minimum absolute atomic E-state index is 0.102. The number of thiocarbonyl (C=S) groups is 1. The maximum Gasteiger partial charge on any atom is 0.305 e. The largest absolute Gasteiger partial charge is 0.481 e. The second kappa shape index (κ2) is 5.99. The lowest BCUT2D eigenvalue weighted by molar-refractivity contribution is -0.163. The van der Waals surface area contributed by atoms with E-state index in [1.54, 1.807) is 0 Å². The van der Waals surface area contributed by atoms with Gasteiger partial charge in [-0.05, 0) is 25.1 Å². The van der Waals surface area contributed by atoms with Gasteiger partial charge in [0.1, 0.15) is 5.41 Å². The van der Waals surface area contributed by atoms with E-state index in [9.17, 15) is 19.2 Å². The highest BCUT2D eigenvalue weighted by atomic mass is 32.1. The molecule has 0 radical (unpaired) electrons. The van der Waals surface area contributed by atoms with Gasteiger partial charge in [-0.25, -0.2) is 0 Å². The van der Waals surface area contributed by atoms with E-state index in [2.05, 4.69) is 0 Å². The Morgan fingerprint density at radius 2 is 1.41 bits per heavy atom. The lowest BCUT2D eigenvalue weighted by Crippen LogP contribution is -2.67. The van der Waals surface area contributed by atoms with Crippen LogP contribution in [0.2, 0.25) is 0 Å². The fourth-order valence-corrected chi connectivity index (χ4v) is 3.04. The summed E-state index contributed by atoms with van der Waals surface area (Å²) in [6.45, 7) is -0.239. The topological polar surface area (TPSA) is 115 Å². The van der Waals surface area contributed by atoms with Crippen molar-refractivity contribution in [1.82, 2.24) is 9.80 Å². The fourth-order valence-electron chi connectivity index (χ4n) is 2.69. The normalized spacial score (nSPS) is 20.3. The molecule has 1 heterocycles. The average Bonchev–Trinajstić information content (AvgIpc) is 2.36. The van der Waals surface area contributed by atoms with E-state index < -0.39 is 29.2 Å². The lowest BCUT2D eigenvalue weighted by Gasteiger charge is -2.49. The van der Waals surface area contributed by atoms with Crippen LogP contribution < -0.4 is 0 Å². The van der Waals surface area contributed by atoms with Gasteiger partial charge >= 0.3 is 11.9 Å². The maximum absolute atomic E-state index is 12.5. The van der Waals surface area contributed by atoms with Crippen molar-refractivity contribution in [3.8, 4) is 0 Å². The van der Waals surface area contributed by atoms with Gasteiger partial charge in [-0.15, -0.1) is 0 Å². The summed E-state index contributed by atoms with van der Waals surface area (Å²) < 4.78 is 0. The quantitative estimate of drug-likeness (QED) is 0.523. The molecule has 120 valence electrons. The zero-order valence-corrected chi connectivity index (χ0v) is 12.6. The number of carboxylic acids is 2. The van der Waals surface area contributed by atoms with Crippen LogP contribution in [0.4, 0.5) is 0 Å². The summed E-state index contributed by atoms with van der Waals surface area (Å²) in [5, 5.41) is 17.4. The molecule has 9 heteroatoms. The van der Waals surface area contributed by atoms with Gasteiger partial charge in [0.25, 0.3) is 0 Å². The van der Waals surface area contributed by atoms with Gasteiger partial charge in [0, 0.05) is 13.1 Å². The molecule has 0 atom stereocenters. The lowest BCUT2D eigenvalue weighted by atomic mass is 9.66. The third-order valence-electron chi connectivity index (χ3n) is 4.08. The van der Waals surface area contributed by atoms with E-state index in [1.807, 2.05) is 0 Å². The molecule has 1 spiro atoms. The molecule has 0 aromatic rings. The van der Waals surface area contributed by atoms with Gasteiger partial charge in [0.2, 0.25) is 11.8 Å². The van der Waals surface area contributed by atoms with Gasteiger partial charge in [-0.2, -0.15) is 0 Å². The molecule has 0 bridgehead atoms. The maximum atomic E-state index is 12.5. The molecular formula is C13H16N2O6S. The number of nitrogens with zero attached hydrogens (tertiary/aromatic N) is 2. The van der Waals surface area contributed by atoms with Crippen LogP contribution in [0.15, 0.2) is 0 Å². The molecule has 0 aromatic carbocycles. The van der Waals surface area contributed by atoms with Crippen molar-refractivity contribution in [1.29, 1.82) is 0 Å². The number of carboxylic acid groups (broad SMARTS) is 2. The molecule has 0 unspecified atom stereocenters. The third kappa shape index (κ3) is 2.68. The summed E-state index contributed by atoms with van der Waals surface area (Å²) in [6, 6.07) is 0. The van der Waals surface area contributed by atoms with E-state index in [0.29, 0.717) is 12.8 Å². The molecule has 2 fully saturated rings. The molecule has 2 N–H and O–H groups in total. The molecule has 1 saturated heterocycles. The fraction of sp³-hybridized carbons (Fsp3) is 0.615. The molecule has 1 saturated carbocycles. The number of aliphatic carboxylic acids is 2. The van der Waals surface area contributed by atoms with Crippen molar-refractivity contribution in [3.05, 3.63) is 0 Å².